The number of benzene rings is 2. The number of carboxylic acids is 1. The number of nitrogens with one attached hydrogen (secondary N) is 2. The van der Waals surface area contributed by atoms with Crippen molar-refractivity contribution in [3.63, 3.8) is 0 Å². The van der Waals surface area contributed by atoms with E-state index in [1.807, 2.05) is 32.0 Å². The van der Waals surface area contributed by atoms with Crippen molar-refractivity contribution in [2.75, 3.05) is 13.2 Å². The van der Waals surface area contributed by atoms with Crippen LogP contribution in [0.4, 0.5) is 0 Å². The molecule has 2 aromatic carbocycles. The molecular weight excluding hydrogens is 434 g/mol. The number of amidine groups is 1. The monoisotopic (exact) mass is 463 g/mol. The molecule has 9 nitrogen and oxygen atoms in total. The number of nitrogen functional groups attached to an aromatic ring is 1. The molecule has 6 N–H and O–H groups in total. The minimum Gasteiger partial charge on any atom is -0.507 e. The number of ether oxygens (including phenoxy) is 1. The molecule has 0 heterocycles. The predicted molar refractivity (Wildman–Crippen MR) is 121 cm³/mol. The Labute approximate surface area is 187 Å². The van der Waals surface area contributed by atoms with E-state index >= 15 is 0 Å². The molecule has 0 amide bonds. The summed E-state index contributed by atoms with van der Waals surface area (Å²) in [5.41, 5.74) is 7.42. The molecule has 0 spiro atoms. The lowest BCUT2D eigenvalue weighted by molar-refractivity contribution is -0.137. The van der Waals surface area contributed by atoms with Crippen LogP contribution in [0.5, 0.6) is 11.5 Å². The van der Waals surface area contributed by atoms with E-state index in [9.17, 15) is 18.3 Å². The van der Waals surface area contributed by atoms with Gasteiger partial charge in [-0.2, -0.15) is 0 Å². The molecule has 2 rings (SSSR count). The molecule has 174 valence electrons. The van der Waals surface area contributed by atoms with Crippen LogP contribution in [0.15, 0.2) is 41.3 Å². The van der Waals surface area contributed by atoms with Gasteiger partial charge in [0, 0.05) is 18.5 Å². The van der Waals surface area contributed by atoms with E-state index in [4.69, 9.17) is 21.0 Å². The number of carbonyl (C=O) groups is 1. The third-order valence-electron chi connectivity index (χ3n) is 4.80. The summed E-state index contributed by atoms with van der Waals surface area (Å²) in [6.45, 7) is 4.36. The summed E-state index contributed by atoms with van der Waals surface area (Å²) in [6, 6.07) is 9.39. The van der Waals surface area contributed by atoms with Gasteiger partial charge in [0.05, 0.1) is 6.61 Å². The van der Waals surface area contributed by atoms with Gasteiger partial charge in [0.15, 0.2) is 0 Å². The molecule has 0 aliphatic carbocycles. The van der Waals surface area contributed by atoms with E-state index in [1.54, 1.807) is 0 Å². The Morgan fingerprint density at radius 1 is 1.22 bits per heavy atom. The quantitative estimate of drug-likeness (QED) is 0.183. The molecule has 32 heavy (non-hydrogen) atoms. The Morgan fingerprint density at radius 2 is 1.94 bits per heavy atom. The van der Waals surface area contributed by atoms with Crippen LogP contribution < -0.4 is 15.2 Å². The van der Waals surface area contributed by atoms with E-state index in [1.165, 1.54) is 12.1 Å². The first-order chi connectivity index (χ1) is 15.0. The van der Waals surface area contributed by atoms with Crippen molar-refractivity contribution in [1.82, 2.24) is 4.72 Å². The lowest BCUT2D eigenvalue weighted by Gasteiger charge is -2.15. The maximum absolute atomic E-state index is 12.7. The first-order valence-corrected chi connectivity index (χ1v) is 11.6. The Bertz CT molecular complexity index is 1080. The van der Waals surface area contributed by atoms with Crippen molar-refractivity contribution in [3.05, 3.63) is 53.1 Å². The van der Waals surface area contributed by atoms with Crippen LogP contribution in [-0.4, -0.2) is 43.6 Å². The van der Waals surface area contributed by atoms with Crippen LogP contribution in [0.1, 0.15) is 49.3 Å². The van der Waals surface area contributed by atoms with Crippen molar-refractivity contribution in [1.29, 1.82) is 5.41 Å². The molecule has 0 saturated carbocycles. The van der Waals surface area contributed by atoms with E-state index in [0.29, 0.717) is 18.6 Å². The fourth-order valence-electron chi connectivity index (χ4n) is 2.97. The molecule has 0 radical (unpaired) electrons. The van der Waals surface area contributed by atoms with Crippen molar-refractivity contribution >= 4 is 21.8 Å². The number of nitrogens with two attached hydrogens (primary N) is 1. The molecule has 0 fully saturated rings. The van der Waals surface area contributed by atoms with Crippen LogP contribution in [0, 0.1) is 5.41 Å². The lowest BCUT2D eigenvalue weighted by Crippen LogP contribution is -2.26. The topological polar surface area (TPSA) is 163 Å². The lowest BCUT2D eigenvalue weighted by atomic mass is 10.00. The van der Waals surface area contributed by atoms with Crippen LogP contribution in [-0.2, 0) is 21.2 Å². The first-order valence-electron chi connectivity index (χ1n) is 10.2. The number of sulfonamides is 1. The highest BCUT2D eigenvalue weighted by molar-refractivity contribution is 7.89. The number of carboxylic acid groups (broad SMARTS) is 1. The van der Waals surface area contributed by atoms with E-state index in [-0.39, 0.29) is 41.8 Å². The maximum Gasteiger partial charge on any atom is 0.303 e. The van der Waals surface area contributed by atoms with Crippen molar-refractivity contribution in [2.45, 2.75) is 43.9 Å². The highest BCUT2D eigenvalue weighted by atomic mass is 32.2. The van der Waals surface area contributed by atoms with Crippen LogP contribution in [0.2, 0.25) is 0 Å². The zero-order valence-electron chi connectivity index (χ0n) is 18.1. The third-order valence-corrected chi connectivity index (χ3v) is 6.29. The van der Waals surface area contributed by atoms with Gasteiger partial charge in [-0.1, -0.05) is 26.0 Å². The van der Waals surface area contributed by atoms with Gasteiger partial charge in [-0.15, -0.1) is 0 Å². The number of hydrogen-bond acceptors (Lipinski definition) is 6. The summed E-state index contributed by atoms with van der Waals surface area (Å²) in [5, 5.41) is 26.2. The summed E-state index contributed by atoms with van der Waals surface area (Å²) in [4.78, 5) is 10.3. The predicted octanol–water partition coefficient (Wildman–Crippen LogP) is 2.56. The first kappa shape index (κ1) is 25.2. The number of aromatic hydroxyl groups is 1. The highest BCUT2D eigenvalue weighted by Crippen LogP contribution is 2.27. The summed E-state index contributed by atoms with van der Waals surface area (Å²) in [6.07, 6.45) is 0.680. The molecule has 10 heteroatoms. The van der Waals surface area contributed by atoms with E-state index < -0.39 is 21.7 Å². The fraction of sp³-hybridized carbons (Fsp3) is 0.364. The van der Waals surface area contributed by atoms with Gasteiger partial charge in [0.2, 0.25) is 10.0 Å². The summed E-state index contributed by atoms with van der Waals surface area (Å²) >= 11 is 0. The molecule has 0 aromatic heterocycles. The van der Waals surface area contributed by atoms with Crippen LogP contribution in [0.3, 0.4) is 0 Å². The zero-order chi connectivity index (χ0) is 23.9. The second-order valence-corrected chi connectivity index (χ2v) is 9.35. The molecule has 0 saturated heterocycles. The normalized spacial score (nSPS) is 11.5. The maximum atomic E-state index is 12.7. The Kier molecular flexibility index (Phi) is 8.62. The standard InChI is InChI=1S/C22H29N3O6S/c1-14(2)16-6-5-15(19(12-16)31-11-3-4-21(27)28)9-10-25-32(29,30)20-13-17(22(23)24)7-8-18(20)26/h5-8,12-14,25-26H,3-4,9-11H2,1-2H3,(H3,23,24)(H,27,28). The Balaban J connectivity index is 2.13. The minimum absolute atomic E-state index is 0.00181. The van der Waals surface area contributed by atoms with Gasteiger partial charge in [-0.25, -0.2) is 13.1 Å². The zero-order valence-corrected chi connectivity index (χ0v) is 18.9. The van der Waals surface area contributed by atoms with Gasteiger partial charge >= 0.3 is 5.97 Å². The fourth-order valence-corrected chi connectivity index (χ4v) is 4.12. The number of aliphatic carboxylic acids is 1. The molecule has 0 aliphatic heterocycles. The summed E-state index contributed by atoms with van der Waals surface area (Å²) in [5.74, 6) is -0.790. The summed E-state index contributed by atoms with van der Waals surface area (Å²) in [7, 11) is -4.04. The van der Waals surface area contributed by atoms with Crippen LogP contribution >= 0.6 is 0 Å². The second-order valence-electron chi connectivity index (χ2n) is 7.61. The SMILES string of the molecule is CC(C)c1ccc(CCNS(=O)(=O)c2cc(C(=N)N)ccc2O)c(OCCCC(=O)O)c1. The average Bonchev–Trinajstić information content (AvgIpc) is 2.71. The Morgan fingerprint density at radius 3 is 2.56 bits per heavy atom. The summed E-state index contributed by atoms with van der Waals surface area (Å²) < 4.78 is 33.5. The van der Waals surface area contributed by atoms with Crippen molar-refractivity contribution in [3.8, 4) is 11.5 Å². The largest absolute Gasteiger partial charge is 0.507 e. The molecule has 2 aromatic rings. The molecule has 0 bridgehead atoms. The molecular formula is C22H29N3O6S. The van der Waals surface area contributed by atoms with Gasteiger partial charge in [0.25, 0.3) is 0 Å². The highest BCUT2D eigenvalue weighted by Gasteiger charge is 2.20. The van der Waals surface area contributed by atoms with Crippen LogP contribution in [0.25, 0.3) is 0 Å². The number of rotatable bonds is 12. The van der Waals surface area contributed by atoms with Gasteiger partial charge in [-0.3, -0.25) is 10.2 Å². The number of hydrogen-bond donors (Lipinski definition) is 5. The van der Waals surface area contributed by atoms with Gasteiger partial charge in [-0.05, 0) is 54.2 Å². The minimum atomic E-state index is -4.04. The van der Waals surface area contributed by atoms with Crippen molar-refractivity contribution < 1.29 is 28.2 Å². The van der Waals surface area contributed by atoms with Gasteiger partial charge in [0.1, 0.15) is 22.2 Å². The smallest absolute Gasteiger partial charge is 0.303 e. The number of phenolic OH excluding ortho intramolecular Hbond substituents is 1. The molecule has 0 unspecified atom stereocenters. The Hall–Kier alpha value is -3.11. The van der Waals surface area contributed by atoms with E-state index in [2.05, 4.69) is 4.72 Å². The molecule has 0 aliphatic rings. The van der Waals surface area contributed by atoms with Crippen molar-refractivity contribution in [2.24, 2.45) is 5.73 Å². The average molecular weight is 464 g/mol. The number of phenols is 1. The second kappa shape index (κ2) is 11.0. The third kappa shape index (κ3) is 6.96. The van der Waals surface area contributed by atoms with E-state index in [0.717, 1.165) is 17.2 Å². The van der Waals surface area contributed by atoms with Gasteiger partial charge < -0.3 is 20.7 Å². The molecule has 0 atom stereocenters.